The van der Waals surface area contributed by atoms with Gasteiger partial charge in [-0.3, -0.25) is 9.59 Å². The summed E-state index contributed by atoms with van der Waals surface area (Å²) in [6.45, 7) is 0.0400. The van der Waals surface area contributed by atoms with Gasteiger partial charge in [-0.05, 0) is 18.2 Å². The fourth-order valence-electron chi connectivity index (χ4n) is 2.61. The summed E-state index contributed by atoms with van der Waals surface area (Å²) in [6.07, 6.45) is 0. The molecule has 1 fully saturated rings. The number of aromatic nitrogens is 1. The number of morpholine rings is 1. The van der Waals surface area contributed by atoms with Crippen molar-refractivity contribution in [3.05, 3.63) is 27.7 Å². The summed E-state index contributed by atoms with van der Waals surface area (Å²) in [4.78, 5) is 27.7. The van der Waals surface area contributed by atoms with Crippen molar-refractivity contribution in [2.75, 3.05) is 32.8 Å². The van der Waals surface area contributed by atoms with Gasteiger partial charge in [0.15, 0.2) is 0 Å². The minimum absolute atomic E-state index is 0.0949. The molecule has 146 valence electrons. The van der Waals surface area contributed by atoms with Crippen molar-refractivity contribution in [2.24, 2.45) is 0 Å². The van der Waals surface area contributed by atoms with E-state index in [0.717, 1.165) is 15.8 Å². The van der Waals surface area contributed by atoms with Crippen LogP contribution in [0.15, 0.2) is 22.7 Å². The number of carbonyl (C=O) groups excluding carboxylic acids is 1. The van der Waals surface area contributed by atoms with E-state index in [1.165, 1.54) is 4.31 Å². The van der Waals surface area contributed by atoms with E-state index < -0.39 is 33.7 Å². The molecule has 2 N–H and O–H groups in total. The number of hydrogen-bond acceptors (Lipinski definition) is 7. The quantitative estimate of drug-likeness (QED) is 0.634. The van der Waals surface area contributed by atoms with Crippen LogP contribution in [0.3, 0.4) is 0 Å². The maximum Gasteiger partial charge on any atom is 0.322 e. The van der Waals surface area contributed by atoms with Gasteiger partial charge in [-0.15, -0.1) is 11.3 Å². The molecule has 3 rings (SSSR count). The number of hydrogen-bond donors (Lipinski definition) is 2. The van der Waals surface area contributed by atoms with E-state index in [1.54, 1.807) is 18.2 Å². The second-order valence-electron chi connectivity index (χ2n) is 5.71. The molecule has 9 nitrogen and oxygen atoms in total. The summed E-state index contributed by atoms with van der Waals surface area (Å²) in [5, 5.41) is 9.44. The van der Waals surface area contributed by atoms with Crippen LogP contribution in [0.1, 0.15) is 10.3 Å². The number of benzene rings is 1. The molecule has 1 aliphatic heterocycles. The number of sulfonamides is 1. The lowest BCUT2D eigenvalue weighted by Crippen LogP contribution is -2.47. The van der Waals surface area contributed by atoms with Crippen LogP contribution in [0, 0.1) is 0 Å². The predicted molar refractivity (Wildman–Crippen MR) is 102 cm³/mol. The van der Waals surface area contributed by atoms with Crippen molar-refractivity contribution in [2.45, 2.75) is 5.25 Å². The van der Waals surface area contributed by atoms with E-state index in [9.17, 15) is 18.0 Å². The van der Waals surface area contributed by atoms with Crippen molar-refractivity contribution in [3.63, 3.8) is 0 Å². The summed E-state index contributed by atoms with van der Waals surface area (Å²) in [6, 6.07) is 5.26. The van der Waals surface area contributed by atoms with Crippen molar-refractivity contribution in [1.29, 1.82) is 0 Å². The van der Waals surface area contributed by atoms with Gasteiger partial charge in [0, 0.05) is 17.6 Å². The number of aliphatic carboxylic acids is 1. The molecule has 0 aliphatic carbocycles. The Morgan fingerprint density at radius 3 is 2.74 bits per heavy atom. The highest BCUT2D eigenvalue weighted by molar-refractivity contribution is 9.10. The number of carbonyl (C=O) groups is 2. The molecular weight excluding hydrogens is 462 g/mol. The second-order valence-corrected chi connectivity index (χ2v) is 9.71. The monoisotopic (exact) mass is 477 g/mol. The number of amides is 1. The van der Waals surface area contributed by atoms with Gasteiger partial charge in [0.05, 0.1) is 23.4 Å². The van der Waals surface area contributed by atoms with Gasteiger partial charge in [0.25, 0.3) is 0 Å². The number of carboxylic acids is 1. The third-order valence-corrected chi connectivity index (χ3v) is 7.71. The van der Waals surface area contributed by atoms with Crippen molar-refractivity contribution < 1.29 is 27.9 Å². The third-order valence-electron chi connectivity index (χ3n) is 3.87. The number of thiazole rings is 1. The Balaban J connectivity index is 2.02. The van der Waals surface area contributed by atoms with Crippen LogP contribution in [-0.4, -0.2) is 67.5 Å². The zero-order valence-corrected chi connectivity index (χ0v) is 17.1. The number of nitrogens with zero attached hydrogens (tertiary/aromatic N) is 2. The largest absolute Gasteiger partial charge is 0.480 e. The molecule has 27 heavy (non-hydrogen) atoms. The summed E-state index contributed by atoms with van der Waals surface area (Å²) in [7, 11) is -4.10. The van der Waals surface area contributed by atoms with E-state index in [1.807, 2.05) is 0 Å². The lowest BCUT2D eigenvalue weighted by Gasteiger charge is -2.28. The molecule has 1 amide bonds. The Hall–Kier alpha value is -1.60. The molecule has 2 heterocycles. The Kier molecular flexibility index (Phi) is 6.11. The average molecular weight is 478 g/mol. The van der Waals surface area contributed by atoms with Crippen LogP contribution in [0.2, 0.25) is 0 Å². The van der Waals surface area contributed by atoms with Gasteiger partial charge in [0.2, 0.25) is 21.2 Å². The van der Waals surface area contributed by atoms with Gasteiger partial charge in [0.1, 0.15) is 11.6 Å². The Morgan fingerprint density at radius 2 is 2.07 bits per heavy atom. The number of carboxylic acid groups (broad SMARTS) is 1. The number of rotatable bonds is 6. The highest BCUT2D eigenvalue weighted by atomic mass is 79.9. The maximum absolute atomic E-state index is 13.1. The molecule has 12 heteroatoms. The lowest BCUT2D eigenvalue weighted by atomic mass is 10.3. The number of nitrogens with one attached hydrogen (secondary N) is 1. The highest BCUT2D eigenvalue weighted by Gasteiger charge is 2.41. The molecule has 0 saturated carbocycles. The van der Waals surface area contributed by atoms with Crippen LogP contribution < -0.4 is 5.32 Å². The summed E-state index contributed by atoms with van der Waals surface area (Å²) >= 11 is 4.43. The molecule has 1 atom stereocenters. The predicted octanol–water partition coefficient (Wildman–Crippen LogP) is 0.963. The van der Waals surface area contributed by atoms with Crippen LogP contribution in [0.5, 0.6) is 0 Å². The van der Waals surface area contributed by atoms with Crippen LogP contribution >= 0.6 is 27.3 Å². The van der Waals surface area contributed by atoms with Crippen molar-refractivity contribution in [1.82, 2.24) is 14.6 Å². The summed E-state index contributed by atoms with van der Waals surface area (Å²) in [5.41, 5.74) is 0.561. The van der Waals surface area contributed by atoms with E-state index in [-0.39, 0.29) is 31.3 Å². The molecule has 0 spiro atoms. The normalized spacial score (nSPS) is 16.9. The fraction of sp³-hybridized carbons (Fsp3) is 0.400. The van der Waals surface area contributed by atoms with Crippen molar-refractivity contribution in [3.8, 4) is 0 Å². The van der Waals surface area contributed by atoms with E-state index in [4.69, 9.17) is 9.84 Å². The average Bonchev–Trinajstić information content (AvgIpc) is 3.02. The molecular formula is C15H16BrN3O6S2. The second kappa shape index (κ2) is 8.19. The summed E-state index contributed by atoms with van der Waals surface area (Å²) in [5.74, 6) is -2.18. The number of halogens is 1. The van der Waals surface area contributed by atoms with Gasteiger partial charge in [-0.1, -0.05) is 15.9 Å². The van der Waals surface area contributed by atoms with E-state index >= 15 is 0 Å². The Labute approximate surface area is 167 Å². The fourth-order valence-corrected chi connectivity index (χ4v) is 6.24. The molecule has 1 aromatic heterocycles. The first-order valence-corrected chi connectivity index (χ1v) is 11.0. The van der Waals surface area contributed by atoms with E-state index in [0.29, 0.717) is 10.2 Å². The third kappa shape index (κ3) is 4.46. The SMILES string of the molecule is O=C(O)CNC(=O)C(c1nc2ccc(Br)cc2s1)S(=O)(=O)N1CCOCC1. The Morgan fingerprint density at radius 1 is 1.37 bits per heavy atom. The van der Waals surface area contributed by atoms with E-state index in [2.05, 4.69) is 26.2 Å². The lowest BCUT2D eigenvalue weighted by molar-refractivity contribution is -0.137. The minimum atomic E-state index is -4.10. The molecule has 0 bridgehead atoms. The van der Waals surface area contributed by atoms with Gasteiger partial charge < -0.3 is 15.2 Å². The standard InChI is InChI=1S/C15H16BrN3O6S2/c16-9-1-2-10-11(7-9)26-15(18-10)13(14(22)17-8-12(20)21)27(23,24)19-3-5-25-6-4-19/h1-2,7,13H,3-6,8H2,(H,17,22)(H,20,21). The smallest absolute Gasteiger partial charge is 0.322 e. The first-order valence-electron chi connectivity index (χ1n) is 7.91. The van der Waals surface area contributed by atoms with Crippen molar-refractivity contribution >= 4 is 59.4 Å². The number of fused-ring (bicyclic) bond motifs is 1. The minimum Gasteiger partial charge on any atom is -0.480 e. The highest BCUT2D eigenvalue weighted by Crippen LogP contribution is 2.34. The molecule has 1 saturated heterocycles. The van der Waals surface area contributed by atoms with Gasteiger partial charge in [-0.2, -0.15) is 4.31 Å². The summed E-state index contributed by atoms with van der Waals surface area (Å²) < 4.78 is 34.1. The van der Waals surface area contributed by atoms with Crippen LogP contribution in [0.4, 0.5) is 0 Å². The molecule has 1 aromatic carbocycles. The number of ether oxygens (including phenoxy) is 1. The van der Waals surface area contributed by atoms with Gasteiger partial charge >= 0.3 is 5.97 Å². The molecule has 0 radical (unpaired) electrons. The zero-order valence-electron chi connectivity index (χ0n) is 13.9. The first kappa shape index (κ1) is 20.1. The first-order chi connectivity index (χ1) is 12.8. The topological polar surface area (TPSA) is 126 Å². The molecule has 2 aromatic rings. The Bertz CT molecular complexity index is 971. The molecule has 1 aliphatic rings. The zero-order chi connectivity index (χ0) is 19.6. The molecule has 1 unspecified atom stereocenters. The maximum atomic E-state index is 13.1. The van der Waals surface area contributed by atoms with Crippen LogP contribution in [0.25, 0.3) is 10.2 Å². The van der Waals surface area contributed by atoms with Gasteiger partial charge in [-0.25, -0.2) is 13.4 Å². The van der Waals surface area contributed by atoms with Crippen LogP contribution in [-0.2, 0) is 24.3 Å².